The molecule has 0 heterocycles. The van der Waals surface area contributed by atoms with Crippen LogP contribution < -0.4 is 0 Å². The van der Waals surface area contributed by atoms with Gasteiger partial charge in [0.05, 0.1) is 0 Å². The van der Waals surface area contributed by atoms with Gasteiger partial charge in [0.2, 0.25) is 0 Å². The number of hydrogen-bond acceptors (Lipinski definition) is 0. The lowest BCUT2D eigenvalue weighted by atomic mass is 10.3. The Morgan fingerprint density at radius 3 is 1.24 bits per heavy atom. The molecule has 0 nitrogen and oxygen atoms in total. The molecule has 2 rings (SSSR count). The van der Waals surface area contributed by atoms with Crippen LogP contribution >= 0.6 is 0 Å². The number of benzene rings is 2. The molecule has 5 heteroatoms. The van der Waals surface area contributed by atoms with Gasteiger partial charge in [-0.3, -0.25) is 0 Å². The highest BCUT2D eigenvalue weighted by atomic mass is 19.2. The molecule has 2 aromatic carbocycles. The van der Waals surface area contributed by atoms with E-state index < -0.39 is 23.3 Å². The molecule has 90 valence electrons. The second-order valence-corrected chi connectivity index (χ2v) is 2.95. The first-order valence-electron chi connectivity index (χ1n) is 4.52. The van der Waals surface area contributed by atoms with E-state index in [2.05, 4.69) is 0 Å². The molecule has 0 aliphatic heterocycles. The fourth-order valence-corrected chi connectivity index (χ4v) is 0.917. The molecule has 0 atom stereocenters. The Labute approximate surface area is 94.3 Å². The van der Waals surface area contributed by atoms with Crippen LogP contribution in [0.25, 0.3) is 0 Å². The highest BCUT2D eigenvalue weighted by molar-refractivity contribution is 5.10. The minimum absolute atomic E-state index is 0.178. The molecule has 0 N–H and O–H groups in total. The highest BCUT2D eigenvalue weighted by Crippen LogP contribution is 2.12. The van der Waals surface area contributed by atoms with E-state index in [-0.39, 0.29) is 5.82 Å². The standard InChI is InChI=1S/C6H2F4.C6H5F/c7-3-1-2-4(8)6(10)5(3)9;7-6-4-2-1-3-5-6/h1-2H;1-5H. The van der Waals surface area contributed by atoms with Crippen LogP contribution in [-0.4, -0.2) is 0 Å². The number of hydrogen-bond donors (Lipinski definition) is 0. The molecule has 0 aromatic heterocycles. The van der Waals surface area contributed by atoms with Crippen molar-refractivity contribution in [3.8, 4) is 0 Å². The zero-order valence-corrected chi connectivity index (χ0v) is 8.43. The number of rotatable bonds is 0. The van der Waals surface area contributed by atoms with E-state index in [1.807, 2.05) is 0 Å². The average molecular weight is 246 g/mol. The van der Waals surface area contributed by atoms with Gasteiger partial charge in [0.1, 0.15) is 5.82 Å². The van der Waals surface area contributed by atoms with Gasteiger partial charge in [-0.2, -0.15) is 0 Å². The van der Waals surface area contributed by atoms with E-state index in [0.717, 1.165) is 0 Å². The van der Waals surface area contributed by atoms with Crippen molar-refractivity contribution in [2.45, 2.75) is 0 Å². The summed E-state index contributed by atoms with van der Waals surface area (Å²) in [5.74, 6) is -6.51. The Morgan fingerprint density at radius 2 is 0.941 bits per heavy atom. The summed E-state index contributed by atoms with van der Waals surface area (Å²) in [6.07, 6.45) is 0. The molecule has 17 heavy (non-hydrogen) atoms. The molecular weight excluding hydrogens is 239 g/mol. The van der Waals surface area contributed by atoms with Gasteiger partial charge in [-0.1, -0.05) is 18.2 Å². The predicted octanol–water partition coefficient (Wildman–Crippen LogP) is 4.07. The van der Waals surface area contributed by atoms with Crippen LogP contribution in [0.4, 0.5) is 22.0 Å². The van der Waals surface area contributed by atoms with Crippen molar-refractivity contribution in [1.29, 1.82) is 0 Å². The molecular formula is C12H7F5. The van der Waals surface area contributed by atoms with Crippen molar-refractivity contribution < 1.29 is 22.0 Å². The van der Waals surface area contributed by atoms with Crippen LogP contribution in [-0.2, 0) is 0 Å². The summed E-state index contributed by atoms with van der Waals surface area (Å²) >= 11 is 0. The van der Waals surface area contributed by atoms with Gasteiger partial charge < -0.3 is 0 Å². The summed E-state index contributed by atoms with van der Waals surface area (Å²) < 4.78 is 59.9. The molecule has 0 radical (unpaired) electrons. The first kappa shape index (κ1) is 13.2. The first-order chi connectivity index (χ1) is 8.02. The van der Waals surface area contributed by atoms with E-state index in [4.69, 9.17) is 0 Å². The van der Waals surface area contributed by atoms with Crippen LogP contribution in [0.1, 0.15) is 0 Å². The van der Waals surface area contributed by atoms with Crippen molar-refractivity contribution in [3.05, 3.63) is 71.6 Å². The summed E-state index contributed by atoms with van der Waals surface area (Å²) in [4.78, 5) is 0. The lowest BCUT2D eigenvalue weighted by Crippen LogP contribution is -1.93. The molecule has 0 unspecified atom stereocenters. The van der Waals surface area contributed by atoms with Crippen molar-refractivity contribution in [2.75, 3.05) is 0 Å². The van der Waals surface area contributed by atoms with Crippen molar-refractivity contribution in [3.63, 3.8) is 0 Å². The van der Waals surface area contributed by atoms with E-state index in [1.54, 1.807) is 18.2 Å². The largest absolute Gasteiger partial charge is 0.207 e. The molecule has 0 aliphatic carbocycles. The van der Waals surface area contributed by atoms with E-state index in [9.17, 15) is 22.0 Å². The minimum Gasteiger partial charge on any atom is -0.207 e. The van der Waals surface area contributed by atoms with E-state index in [1.165, 1.54) is 12.1 Å². The second-order valence-electron chi connectivity index (χ2n) is 2.95. The highest BCUT2D eigenvalue weighted by Gasteiger charge is 2.11. The Balaban J connectivity index is 0.000000181. The zero-order valence-electron chi connectivity index (χ0n) is 8.43. The van der Waals surface area contributed by atoms with E-state index in [0.29, 0.717) is 12.1 Å². The van der Waals surface area contributed by atoms with Crippen molar-refractivity contribution in [1.82, 2.24) is 0 Å². The average Bonchev–Trinajstić information content (AvgIpc) is 2.33. The Bertz CT molecular complexity index is 455. The summed E-state index contributed by atoms with van der Waals surface area (Å²) in [7, 11) is 0. The van der Waals surface area contributed by atoms with Gasteiger partial charge in [-0.05, 0) is 24.3 Å². The van der Waals surface area contributed by atoms with Crippen LogP contribution in [0.3, 0.4) is 0 Å². The maximum atomic E-state index is 12.0. The Morgan fingerprint density at radius 1 is 0.529 bits per heavy atom. The fraction of sp³-hybridized carbons (Fsp3) is 0. The minimum atomic E-state index is -1.78. The monoisotopic (exact) mass is 246 g/mol. The lowest BCUT2D eigenvalue weighted by molar-refractivity contribution is 0.409. The van der Waals surface area contributed by atoms with Crippen LogP contribution in [0.2, 0.25) is 0 Å². The lowest BCUT2D eigenvalue weighted by Gasteiger charge is -1.93. The third-order valence-electron chi connectivity index (χ3n) is 1.72. The van der Waals surface area contributed by atoms with Gasteiger partial charge >= 0.3 is 0 Å². The van der Waals surface area contributed by atoms with E-state index >= 15 is 0 Å². The van der Waals surface area contributed by atoms with Gasteiger partial charge in [-0.15, -0.1) is 0 Å². The van der Waals surface area contributed by atoms with Gasteiger partial charge in [0.15, 0.2) is 23.3 Å². The second kappa shape index (κ2) is 5.98. The molecule has 0 aliphatic rings. The Kier molecular flexibility index (Phi) is 4.63. The first-order valence-corrected chi connectivity index (χ1v) is 4.52. The maximum absolute atomic E-state index is 12.0. The smallest absolute Gasteiger partial charge is 0.197 e. The summed E-state index contributed by atoms with van der Waals surface area (Å²) in [5, 5.41) is 0. The predicted molar refractivity (Wildman–Crippen MR) is 52.7 cm³/mol. The van der Waals surface area contributed by atoms with Crippen LogP contribution in [0.5, 0.6) is 0 Å². The van der Waals surface area contributed by atoms with Crippen LogP contribution in [0, 0.1) is 29.1 Å². The topological polar surface area (TPSA) is 0 Å². The Hall–Kier alpha value is -1.91. The van der Waals surface area contributed by atoms with Gasteiger partial charge in [0.25, 0.3) is 0 Å². The SMILES string of the molecule is Fc1ccc(F)c(F)c1F.Fc1ccccc1. The maximum Gasteiger partial charge on any atom is 0.197 e. The molecule has 2 aromatic rings. The van der Waals surface area contributed by atoms with Gasteiger partial charge in [-0.25, -0.2) is 22.0 Å². The number of halogens is 5. The normalized spacial score (nSPS) is 9.47. The van der Waals surface area contributed by atoms with Crippen molar-refractivity contribution in [2.24, 2.45) is 0 Å². The molecule has 0 saturated heterocycles. The molecule has 0 amide bonds. The molecule has 0 bridgehead atoms. The fourth-order valence-electron chi connectivity index (χ4n) is 0.917. The van der Waals surface area contributed by atoms with Crippen molar-refractivity contribution >= 4 is 0 Å². The molecule has 0 saturated carbocycles. The molecule has 0 fully saturated rings. The molecule has 0 spiro atoms. The van der Waals surface area contributed by atoms with Crippen LogP contribution in [0.15, 0.2) is 42.5 Å². The zero-order chi connectivity index (χ0) is 12.8. The summed E-state index contributed by atoms with van der Waals surface area (Å²) in [6, 6.07) is 8.98. The summed E-state index contributed by atoms with van der Waals surface area (Å²) in [6.45, 7) is 0. The summed E-state index contributed by atoms with van der Waals surface area (Å²) in [5.41, 5.74) is 0. The third kappa shape index (κ3) is 3.86. The quantitative estimate of drug-likeness (QED) is 0.373. The van der Waals surface area contributed by atoms with Gasteiger partial charge in [0, 0.05) is 0 Å². The third-order valence-corrected chi connectivity index (χ3v) is 1.72.